The maximum atomic E-state index is 14.4. The fourth-order valence-electron chi connectivity index (χ4n) is 5.06. The zero-order valence-corrected chi connectivity index (χ0v) is 18.8. The molecule has 2 aliphatic rings. The van der Waals surface area contributed by atoms with Gasteiger partial charge in [0.25, 0.3) is 0 Å². The van der Waals surface area contributed by atoms with Crippen LogP contribution in [-0.2, 0) is 4.79 Å². The molecular weight excluding hydrogens is 463 g/mol. The number of halogens is 3. The normalized spacial score (nSPS) is 24.6. The van der Waals surface area contributed by atoms with Crippen LogP contribution in [-0.4, -0.2) is 42.7 Å². The van der Waals surface area contributed by atoms with Crippen molar-refractivity contribution in [3.63, 3.8) is 0 Å². The summed E-state index contributed by atoms with van der Waals surface area (Å²) in [5.41, 5.74) is 5.81. The summed E-state index contributed by atoms with van der Waals surface area (Å²) >= 11 is 0. The van der Waals surface area contributed by atoms with Crippen molar-refractivity contribution in [3.8, 4) is 0 Å². The average molecular weight is 490 g/mol. The van der Waals surface area contributed by atoms with E-state index in [2.05, 4.69) is 25.6 Å². The summed E-state index contributed by atoms with van der Waals surface area (Å²) in [6.07, 6.45) is 5.53. The number of amides is 1. The fourth-order valence-corrected chi connectivity index (χ4v) is 5.06. The van der Waals surface area contributed by atoms with Crippen LogP contribution in [0.2, 0.25) is 0 Å². The molecule has 35 heavy (non-hydrogen) atoms. The molecule has 0 bridgehead atoms. The fraction of sp³-hybridized carbons (Fsp3) is 0.478. The lowest BCUT2D eigenvalue weighted by Crippen LogP contribution is -2.29. The van der Waals surface area contributed by atoms with Gasteiger partial charge in [-0.3, -0.25) is 9.36 Å². The number of nitrogens with two attached hydrogens (primary N) is 1. The Morgan fingerprint density at radius 2 is 1.77 bits per heavy atom. The molecule has 1 unspecified atom stereocenters. The van der Waals surface area contributed by atoms with E-state index in [1.807, 2.05) is 0 Å². The molecule has 0 spiro atoms. The van der Waals surface area contributed by atoms with Gasteiger partial charge in [0.15, 0.2) is 17.3 Å². The van der Waals surface area contributed by atoms with Crippen molar-refractivity contribution in [3.05, 3.63) is 35.8 Å². The van der Waals surface area contributed by atoms with Gasteiger partial charge in [0, 0.05) is 30.1 Å². The van der Waals surface area contributed by atoms with Crippen LogP contribution >= 0.6 is 0 Å². The number of aliphatic hydroxyl groups excluding tert-OH is 1. The summed E-state index contributed by atoms with van der Waals surface area (Å²) in [4.78, 5) is 25.0. The zero-order valence-electron chi connectivity index (χ0n) is 18.8. The van der Waals surface area contributed by atoms with E-state index in [9.17, 15) is 23.1 Å². The molecule has 0 radical (unpaired) electrons. The predicted octanol–water partition coefficient (Wildman–Crippen LogP) is 3.53. The third kappa shape index (κ3) is 4.75. The lowest BCUT2D eigenvalue weighted by molar-refractivity contribution is -0.122. The molecule has 3 aromatic rings. The molecule has 5 N–H and O–H groups in total. The standard InChI is InChI=1S/C23H26F3N7O2/c24-12-7-16(25)19(17(26)8-12)31-23-30-18-10-28-22(29-13-3-6-15(34)9-13)32-21(18)33(23)14-4-1-11(2-5-14)20(27)35/h7-8,10-11,13-15,34H,1-6,9H2,(H2,27,35)(H,30,31)(H,28,29,32)/t11?,13?,14?,15-/m0/s1. The summed E-state index contributed by atoms with van der Waals surface area (Å²) in [6.45, 7) is 0. The first-order valence-corrected chi connectivity index (χ1v) is 11.7. The van der Waals surface area contributed by atoms with Gasteiger partial charge >= 0.3 is 0 Å². The number of benzene rings is 1. The molecule has 2 aromatic heterocycles. The molecule has 1 amide bonds. The van der Waals surface area contributed by atoms with Gasteiger partial charge in [-0.25, -0.2) is 23.1 Å². The quantitative estimate of drug-likeness (QED) is 0.417. The number of nitrogens with zero attached hydrogens (tertiary/aromatic N) is 4. The number of carbonyl (C=O) groups is 1. The highest BCUT2D eigenvalue weighted by Gasteiger charge is 2.30. The summed E-state index contributed by atoms with van der Waals surface area (Å²) < 4.78 is 44.0. The number of aliphatic hydroxyl groups is 1. The van der Waals surface area contributed by atoms with Gasteiger partial charge in [-0.1, -0.05) is 0 Å². The van der Waals surface area contributed by atoms with Crippen molar-refractivity contribution < 1.29 is 23.1 Å². The summed E-state index contributed by atoms with van der Waals surface area (Å²) in [5.74, 6) is -3.30. The Bertz CT molecular complexity index is 1240. The third-order valence-corrected chi connectivity index (χ3v) is 6.88. The number of rotatable bonds is 6. The highest BCUT2D eigenvalue weighted by molar-refractivity contribution is 5.78. The third-order valence-electron chi connectivity index (χ3n) is 6.88. The lowest BCUT2D eigenvalue weighted by Gasteiger charge is -2.29. The Morgan fingerprint density at radius 1 is 1.06 bits per heavy atom. The smallest absolute Gasteiger partial charge is 0.224 e. The van der Waals surface area contributed by atoms with Crippen LogP contribution in [0.5, 0.6) is 0 Å². The van der Waals surface area contributed by atoms with Crippen LogP contribution in [0.3, 0.4) is 0 Å². The first-order chi connectivity index (χ1) is 16.8. The average Bonchev–Trinajstić information content (AvgIpc) is 3.38. The van der Waals surface area contributed by atoms with E-state index < -0.39 is 23.1 Å². The minimum absolute atomic E-state index is 0.0322. The van der Waals surface area contributed by atoms with Gasteiger partial charge in [-0.15, -0.1) is 0 Å². The number of primary amides is 1. The maximum absolute atomic E-state index is 14.4. The number of nitrogens with one attached hydrogen (secondary N) is 2. The molecule has 2 aliphatic carbocycles. The van der Waals surface area contributed by atoms with Crippen molar-refractivity contribution in [1.29, 1.82) is 0 Å². The highest BCUT2D eigenvalue weighted by Crippen LogP contribution is 2.37. The lowest BCUT2D eigenvalue weighted by atomic mass is 9.85. The Morgan fingerprint density at radius 3 is 2.40 bits per heavy atom. The number of aromatic nitrogens is 4. The molecule has 12 heteroatoms. The van der Waals surface area contributed by atoms with Gasteiger partial charge in [0.1, 0.15) is 17.0 Å². The van der Waals surface area contributed by atoms with Gasteiger partial charge < -0.3 is 21.5 Å². The Hall–Kier alpha value is -3.41. The number of imidazole rings is 1. The number of hydrogen-bond donors (Lipinski definition) is 4. The molecule has 5 rings (SSSR count). The number of hydrogen-bond acceptors (Lipinski definition) is 7. The minimum Gasteiger partial charge on any atom is -0.393 e. The number of fused-ring (bicyclic) bond motifs is 1. The van der Waals surface area contributed by atoms with Crippen LogP contribution in [0.1, 0.15) is 51.0 Å². The molecule has 186 valence electrons. The van der Waals surface area contributed by atoms with Gasteiger partial charge in [-0.2, -0.15) is 4.98 Å². The Kier molecular flexibility index (Phi) is 6.22. The largest absolute Gasteiger partial charge is 0.393 e. The van der Waals surface area contributed by atoms with Crippen LogP contribution in [0.15, 0.2) is 18.3 Å². The SMILES string of the molecule is NC(=O)C1CCC(n2c(Nc3c(F)cc(F)cc3F)nc3cnc(NC4CC[C@H](O)C4)nc32)CC1. The predicted molar refractivity (Wildman–Crippen MR) is 122 cm³/mol. The Labute approximate surface area is 199 Å². The monoisotopic (exact) mass is 489 g/mol. The minimum atomic E-state index is -1.09. The molecule has 2 heterocycles. The molecule has 2 fully saturated rings. The molecule has 0 aliphatic heterocycles. The van der Waals surface area contributed by atoms with Crippen molar-refractivity contribution in [2.75, 3.05) is 10.6 Å². The highest BCUT2D eigenvalue weighted by atomic mass is 19.1. The van der Waals surface area contributed by atoms with E-state index in [1.54, 1.807) is 4.57 Å². The van der Waals surface area contributed by atoms with Gasteiger partial charge in [-0.05, 0) is 44.9 Å². The van der Waals surface area contributed by atoms with E-state index in [1.165, 1.54) is 6.20 Å². The van der Waals surface area contributed by atoms with E-state index in [4.69, 9.17) is 5.73 Å². The van der Waals surface area contributed by atoms with E-state index in [0.717, 1.165) is 6.42 Å². The van der Waals surface area contributed by atoms with Gasteiger partial charge in [0.05, 0.1) is 12.3 Å². The van der Waals surface area contributed by atoms with Gasteiger partial charge in [0.2, 0.25) is 17.8 Å². The van der Waals surface area contributed by atoms with E-state index in [-0.39, 0.29) is 36.0 Å². The Balaban J connectivity index is 1.52. The van der Waals surface area contributed by atoms with Crippen molar-refractivity contribution in [2.45, 2.75) is 63.1 Å². The zero-order chi connectivity index (χ0) is 24.7. The van der Waals surface area contributed by atoms with Crippen molar-refractivity contribution >= 4 is 34.7 Å². The molecule has 2 atom stereocenters. The van der Waals surface area contributed by atoms with E-state index >= 15 is 0 Å². The first-order valence-electron chi connectivity index (χ1n) is 11.7. The second-order valence-electron chi connectivity index (χ2n) is 9.29. The van der Waals surface area contributed by atoms with Crippen LogP contribution in [0, 0.1) is 23.4 Å². The van der Waals surface area contributed by atoms with Crippen LogP contribution in [0.4, 0.5) is 30.8 Å². The molecular formula is C23H26F3N7O2. The summed E-state index contributed by atoms with van der Waals surface area (Å²) in [5, 5.41) is 15.7. The summed E-state index contributed by atoms with van der Waals surface area (Å²) in [7, 11) is 0. The molecule has 0 saturated heterocycles. The second-order valence-corrected chi connectivity index (χ2v) is 9.29. The summed E-state index contributed by atoms with van der Waals surface area (Å²) in [6, 6.07) is 1.05. The first kappa shape index (κ1) is 23.3. The molecule has 9 nitrogen and oxygen atoms in total. The maximum Gasteiger partial charge on any atom is 0.224 e. The van der Waals surface area contributed by atoms with Crippen LogP contribution in [0.25, 0.3) is 11.2 Å². The number of carbonyl (C=O) groups excluding carboxylic acids is 1. The molecule has 1 aromatic carbocycles. The number of anilines is 3. The van der Waals surface area contributed by atoms with Crippen molar-refractivity contribution in [1.82, 2.24) is 19.5 Å². The van der Waals surface area contributed by atoms with Crippen LogP contribution < -0.4 is 16.4 Å². The molecule has 2 saturated carbocycles. The van der Waals surface area contributed by atoms with Crippen molar-refractivity contribution in [2.24, 2.45) is 11.7 Å². The topological polar surface area (TPSA) is 131 Å². The van der Waals surface area contributed by atoms with E-state index in [0.29, 0.717) is 67.8 Å². The second kappa shape index (κ2) is 9.33.